The van der Waals surface area contributed by atoms with E-state index < -0.39 is 0 Å². The highest BCUT2D eigenvalue weighted by Crippen LogP contribution is 2.18. The van der Waals surface area contributed by atoms with Crippen LogP contribution in [0.25, 0.3) is 0 Å². The molecule has 1 amide bonds. The molecule has 0 aromatic heterocycles. The van der Waals surface area contributed by atoms with Crippen molar-refractivity contribution in [1.29, 1.82) is 0 Å². The van der Waals surface area contributed by atoms with Crippen molar-refractivity contribution in [3.63, 3.8) is 0 Å². The summed E-state index contributed by atoms with van der Waals surface area (Å²) in [6, 6.07) is 13.2. The molecule has 6 heteroatoms. The summed E-state index contributed by atoms with van der Waals surface area (Å²) < 4.78 is 24.1. The monoisotopic (exact) mass is 386 g/mol. The molecule has 0 spiro atoms. The number of nitrogens with zero attached hydrogens (tertiary/aromatic N) is 1. The summed E-state index contributed by atoms with van der Waals surface area (Å²) in [6.45, 7) is 8.31. The fourth-order valence-corrected chi connectivity index (χ4v) is 3.15. The number of carbonyl (C=O) groups is 1. The number of amides is 1. The van der Waals surface area contributed by atoms with E-state index in [1.54, 1.807) is 36.4 Å². The van der Waals surface area contributed by atoms with Gasteiger partial charge >= 0.3 is 0 Å². The second-order valence-electron chi connectivity index (χ2n) is 7.54. The highest BCUT2D eigenvalue weighted by atomic mass is 19.1. The van der Waals surface area contributed by atoms with Crippen molar-refractivity contribution in [1.82, 2.24) is 10.2 Å². The zero-order valence-electron chi connectivity index (χ0n) is 16.4. The molecule has 0 radical (unpaired) electrons. The van der Waals surface area contributed by atoms with E-state index in [4.69, 9.17) is 9.47 Å². The van der Waals surface area contributed by atoms with E-state index in [-0.39, 0.29) is 17.3 Å². The van der Waals surface area contributed by atoms with Crippen molar-refractivity contribution in [2.24, 2.45) is 0 Å². The van der Waals surface area contributed by atoms with Crippen LogP contribution in [-0.4, -0.2) is 49.2 Å². The van der Waals surface area contributed by atoms with Crippen LogP contribution in [0.1, 0.15) is 29.8 Å². The number of hydrogen-bond acceptors (Lipinski definition) is 4. The SMILES string of the molecule is CC(C)(CNC(=O)c1cccc(OCc2ccc(F)cc2)c1)N1CCOCC1. The van der Waals surface area contributed by atoms with Gasteiger partial charge in [0, 0.05) is 30.7 Å². The fraction of sp³-hybridized carbons (Fsp3) is 0.409. The molecule has 0 bridgehead atoms. The van der Waals surface area contributed by atoms with Crippen LogP contribution in [0, 0.1) is 5.82 Å². The topological polar surface area (TPSA) is 50.8 Å². The number of rotatable bonds is 7. The molecular formula is C22H27FN2O3. The number of benzene rings is 2. The standard InChI is InChI=1S/C22H27FN2O3/c1-22(2,25-10-12-27-13-11-25)16-24-21(26)18-4-3-5-20(14-18)28-15-17-6-8-19(23)9-7-17/h3-9,14H,10-13,15-16H2,1-2H3,(H,24,26). The van der Waals surface area contributed by atoms with Gasteiger partial charge in [0.05, 0.1) is 13.2 Å². The second-order valence-corrected chi connectivity index (χ2v) is 7.54. The molecule has 5 nitrogen and oxygen atoms in total. The quantitative estimate of drug-likeness (QED) is 0.794. The molecule has 28 heavy (non-hydrogen) atoms. The number of morpholine rings is 1. The molecule has 1 aliphatic heterocycles. The van der Waals surface area contributed by atoms with E-state index in [1.165, 1.54) is 12.1 Å². The Morgan fingerprint density at radius 1 is 1.18 bits per heavy atom. The summed E-state index contributed by atoms with van der Waals surface area (Å²) in [6.07, 6.45) is 0. The first kappa shape index (κ1) is 20.3. The number of nitrogens with one attached hydrogen (secondary N) is 1. The zero-order valence-corrected chi connectivity index (χ0v) is 16.4. The minimum atomic E-state index is -0.276. The fourth-order valence-electron chi connectivity index (χ4n) is 3.15. The normalized spacial score (nSPS) is 15.2. The Hall–Kier alpha value is -2.44. The van der Waals surface area contributed by atoms with Crippen LogP contribution in [-0.2, 0) is 11.3 Å². The van der Waals surface area contributed by atoms with Crippen LogP contribution in [0.15, 0.2) is 48.5 Å². The average molecular weight is 386 g/mol. The smallest absolute Gasteiger partial charge is 0.251 e. The van der Waals surface area contributed by atoms with Gasteiger partial charge < -0.3 is 14.8 Å². The molecule has 1 fully saturated rings. The van der Waals surface area contributed by atoms with Crippen LogP contribution >= 0.6 is 0 Å². The summed E-state index contributed by atoms with van der Waals surface area (Å²) in [5.41, 5.74) is 1.27. The summed E-state index contributed by atoms with van der Waals surface area (Å²) in [7, 11) is 0. The van der Waals surface area contributed by atoms with Crippen LogP contribution in [0.3, 0.4) is 0 Å². The van der Waals surface area contributed by atoms with Gasteiger partial charge in [0.15, 0.2) is 0 Å². The lowest BCUT2D eigenvalue weighted by atomic mass is 10.0. The Bertz CT molecular complexity index is 787. The lowest BCUT2D eigenvalue weighted by Crippen LogP contribution is -2.55. The molecule has 1 saturated heterocycles. The maximum absolute atomic E-state index is 13.0. The summed E-state index contributed by atoms with van der Waals surface area (Å²) >= 11 is 0. The average Bonchev–Trinajstić information content (AvgIpc) is 2.72. The van der Waals surface area contributed by atoms with Crippen LogP contribution in [0.4, 0.5) is 4.39 Å². The van der Waals surface area contributed by atoms with Crippen molar-refractivity contribution in [2.75, 3.05) is 32.8 Å². The van der Waals surface area contributed by atoms with Gasteiger partial charge in [-0.1, -0.05) is 18.2 Å². The highest BCUT2D eigenvalue weighted by Gasteiger charge is 2.28. The first-order chi connectivity index (χ1) is 13.4. The van der Waals surface area contributed by atoms with E-state index in [0.717, 1.165) is 31.9 Å². The van der Waals surface area contributed by atoms with E-state index in [9.17, 15) is 9.18 Å². The maximum Gasteiger partial charge on any atom is 0.251 e. The lowest BCUT2D eigenvalue weighted by Gasteiger charge is -2.40. The van der Waals surface area contributed by atoms with Crippen LogP contribution in [0.5, 0.6) is 5.75 Å². The molecule has 1 aliphatic rings. The highest BCUT2D eigenvalue weighted by molar-refractivity contribution is 5.94. The lowest BCUT2D eigenvalue weighted by molar-refractivity contribution is -0.00923. The van der Waals surface area contributed by atoms with Gasteiger partial charge in [-0.25, -0.2) is 4.39 Å². The van der Waals surface area contributed by atoms with Crippen molar-refractivity contribution in [2.45, 2.75) is 26.0 Å². The van der Waals surface area contributed by atoms with E-state index in [0.29, 0.717) is 24.5 Å². The first-order valence-electron chi connectivity index (χ1n) is 9.52. The van der Waals surface area contributed by atoms with Gasteiger partial charge in [-0.15, -0.1) is 0 Å². The van der Waals surface area contributed by atoms with Gasteiger partial charge in [-0.05, 0) is 49.7 Å². The summed E-state index contributed by atoms with van der Waals surface area (Å²) in [5, 5.41) is 3.03. The molecule has 3 rings (SSSR count). The number of carbonyl (C=O) groups excluding carboxylic acids is 1. The Balaban J connectivity index is 1.55. The molecule has 1 heterocycles. The number of ether oxygens (including phenoxy) is 2. The number of hydrogen-bond donors (Lipinski definition) is 1. The zero-order chi connectivity index (χ0) is 20.0. The predicted molar refractivity (Wildman–Crippen MR) is 106 cm³/mol. The van der Waals surface area contributed by atoms with E-state index in [1.807, 2.05) is 0 Å². The minimum absolute atomic E-state index is 0.131. The minimum Gasteiger partial charge on any atom is -0.489 e. The second kappa shape index (κ2) is 9.17. The van der Waals surface area contributed by atoms with Crippen molar-refractivity contribution >= 4 is 5.91 Å². The van der Waals surface area contributed by atoms with Crippen molar-refractivity contribution in [3.8, 4) is 5.75 Å². The van der Waals surface area contributed by atoms with Crippen LogP contribution in [0.2, 0.25) is 0 Å². The Kier molecular flexibility index (Phi) is 6.65. The van der Waals surface area contributed by atoms with Gasteiger partial charge in [-0.3, -0.25) is 9.69 Å². The Morgan fingerprint density at radius 3 is 2.61 bits per heavy atom. The molecule has 2 aromatic rings. The van der Waals surface area contributed by atoms with Gasteiger partial charge in [0.25, 0.3) is 5.91 Å². The maximum atomic E-state index is 13.0. The van der Waals surface area contributed by atoms with Crippen molar-refractivity contribution in [3.05, 3.63) is 65.5 Å². The first-order valence-corrected chi connectivity index (χ1v) is 9.52. The Labute approximate surface area is 165 Å². The van der Waals surface area contributed by atoms with Gasteiger partial charge in [-0.2, -0.15) is 0 Å². The molecule has 0 unspecified atom stereocenters. The van der Waals surface area contributed by atoms with E-state index >= 15 is 0 Å². The third kappa shape index (κ3) is 5.53. The Morgan fingerprint density at radius 2 is 1.89 bits per heavy atom. The van der Waals surface area contributed by atoms with Crippen LogP contribution < -0.4 is 10.1 Å². The molecule has 1 N–H and O–H groups in total. The third-order valence-electron chi connectivity index (χ3n) is 4.96. The van der Waals surface area contributed by atoms with E-state index in [2.05, 4.69) is 24.1 Å². The van der Waals surface area contributed by atoms with Gasteiger partial charge in [0.1, 0.15) is 18.2 Å². The molecule has 150 valence electrons. The van der Waals surface area contributed by atoms with Crippen molar-refractivity contribution < 1.29 is 18.7 Å². The molecule has 2 aromatic carbocycles. The van der Waals surface area contributed by atoms with Gasteiger partial charge in [0.2, 0.25) is 0 Å². The molecule has 0 aliphatic carbocycles. The summed E-state index contributed by atoms with van der Waals surface area (Å²) in [4.78, 5) is 14.9. The largest absolute Gasteiger partial charge is 0.489 e. The third-order valence-corrected chi connectivity index (χ3v) is 4.96. The predicted octanol–water partition coefficient (Wildman–Crippen LogP) is 3.25. The molecular weight excluding hydrogens is 359 g/mol. The number of halogens is 1. The summed E-state index contributed by atoms with van der Waals surface area (Å²) in [5.74, 6) is 0.195. The molecule has 0 atom stereocenters. The molecule has 0 saturated carbocycles.